The molecule has 0 aliphatic carbocycles. The van der Waals surface area contributed by atoms with Crippen molar-refractivity contribution in [2.75, 3.05) is 18.0 Å². The molecule has 3 aromatic rings. The summed E-state index contributed by atoms with van der Waals surface area (Å²) in [5.41, 5.74) is 6.85. The van der Waals surface area contributed by atoms with E-state index in [-0.39, 0.29) is 6.42 Å². The van der Waals surface area contributed by atoms with Crippen molar-refractivity contribution in [1.29, 1.82) is 0 Å². The fourth-order valence-corrected chi connectivity index (χ4v) is 4.48. The van der Waals surface area contributed by atoms with Crippen LogP contribution in [0.25, 0.3) is 22.3 Å². The molecule has 1 saturated heterocycles. The molecule has 0 saturated carbocycles. The molecule has 2 N–H and O–H groups in total. The number of aryl methyl sites for hydroxylation is 1. The van der Waals surface area contributed by atoms with Gasteiger partial charge in [0.25, 0.3) is 0 Å². The van der Waals surface area contributed by atoms with E-state index in [1.54, 1.807) is 20.8 Å². The molecule has 0 spiro atoms. The van der Waals surface area contributed by atoms with Crippen LogP contribution in [0.3, 0.4) is 0 Å². The van der Waals surface area contributed by atoms with Gasteiger partial charge in [-0.2, -0.15) is 0 Å². The van der Waals surface area contributed by atoms with Gasteiger partial charge in [0.15, 0.2) is 0 Å². The second kappa shape index (κ2) is 11.3. The number of aromatic nitrogens is 1. The number of pyridine rings is 1. The first kappa shape index (κ1) is 27.4. The highest BCUT2D eigenvalue weighted by molar-refractivity contribution is 5.91. The SMILES string of the molecule is CC(C)(C)O.Cc1ncc(-c2ccccc2-c2ccccc2)c(N2CCC(C)(C)CC2)c1CC(=O)O. The Morgan fingerprint density at radius 2 is 1.47 bits per heavy atom. The molecule has 0 unspecified atom stereocenters. The van der Waals surface area contributed by atoms with Crippen LogP contribution in [0.4, 0.5) is 5.69 Å². The summed E-state index contributed by atoms with van der Waals surface area (Å²) in [6.45, 7) is 13.6. The topological polar surface area (TPSA) is 73.7 Å². The number of anilines is 1. The fourth-order valence-electron chi connectivity index (χ4n) is 4.48. The number of hydrogen-bond acceptors (Lipinski definition) is 4. The number of aliphatic carboxylic acids is 1. The van der Waals surface area contributed by atoms with Gasteiger partial charge in [0, 0.05) is 36.1 Å². The first-order valence-electron chi connectivity index (χ1n) is 12.7. The van der Waals surface area contributed by atoms with Crippen LogP contribution in [0.2, 0.25) is 0 Å². The summed E-state index contributed by atoms with van der Waals surface area (Å²) in [6.07, 6.45) is 4.08. The normalized spacial score (nSPS) is 15.1. The molecular formula is C31H40N2O3. The predicted molar refractivity (Wildman–Crippen MR) is 148 cm³/mol. The molecule has 5 nitrogen and oxygen atoms in total. The van der Waals surface area contributed by atoms with E-state index in [0.717, 1.165) is 65.1 Å². The average Bonchev–Trinajstić information content (AvgIpc) is 2.80. The molecule has 0 atom stereocenters. The van der Waals surface area contributed by atoms with Crippen LogP contribution in [-0.4, -0.2) is 39.9 Å². The lowest BCUT2D eigenvalue weighted by atomic mass is 9.82. The minimum atomic E-state index is -0.822. The molecule has 0 radical (unpaired) electrons. The molecule has 0 amide bonds. The smallest absolute Gasteiger partial charge is 0.307 e. The lowest BCUT2D eigenvalue weighted by molar-refractivity contribution is -0.136. The summed E-state index contributed by atoms with van der Waals surface area (Å²) >= 11 is 0. The number of aliphatic hydroxyl groups is 1. The minimum absolute atomic E-state index is 0.0184. The Labute approximate surface area is 215 Å². The van der Waals surface area contributed by atoms with Crippen molar-refractivity contribution in [3.05, 3.63) is 72.1 Å². The van der Waals surface area contributed by atoms with E-state index in [0.29, 0.717) is 5.41 Å². The van der Waals surface area contributed by atoms with E-state index in [2.05, 4.69) is 54.1 Å². The van der Waals surface area contributed by atoms with Crippen LogP contribution < -0.4 is 4.90 Å². The maximum atomic E-state index is 11.7. The van der Waals surface area contributed by atoms with Crippen molar-refractivity contribution in [2.24, 2.45) is 5.41 Å². The van der Waals surface area contributed by atoms with Gasteiger partial charge in [0.1, 0.15) is 0 Å². The quantitative estimate of drug-likeness (QED) is 0.415. The molecule has 5 heteroatoms. The van der Waals surface area contributed by atoms with Crippen LogP contribution in [0.1, 0.15) is 58.7 Å². The summed E-state index contributed by atoms with van der Waals surface area (Å²) in [4.78, 5) is 18.8. The third-order valence-corrected chi connectivity index (χ3v) is 6.43. The van der Waals surface area contributed by atoms with Crippen LogP contribution in [-0.2, 0) is 11.2 Å². The predicted octanol–water partition coefficient (Wildman–Crippen LogP) is 6.75. The Morgan fingerprint density at radius 3 is 2.03 bits per heavy atom. The number of hydrogen-bond donors (Lipinski definition) is 2. The zero-order valence-corrected chi connectivity index (χ0v) is 22.5. The number of rotatable bonds is 5. The van der Waals surface area contributed by atoms with Gasteiger partial charge in [-0.3, -0.25) is 9.78 Å². The molecule has 1 aromatic heterocycles. The number of nitrogens with zero attached hydrogens (tertiary/aromatic N) is 2. The summed E-state index contributed by atoms with van der Waals surface area (Å²) in [7, 11) is 0. The van der Waals surface area contributed by atoms with Gasteiger partial charge in [-0.05, 0) is 62.6 Å². The van der Waals surface area contributed by atoms with Gasteiger partial charge in [0.2, 0.25) is 0 Å². The van der Waals surface area contributed by atoms with Crippen LogP contribution in [0, 0.1) is 12.3 Å². The standard InChI is InChI=1S/C27H30N2O2.C4H10O/c1-19-23(17-25(30)31)26(29-15-13-27(2,3)14-16-29)24(18-28-19)22-12-8-7-11-21(22)20-9-5-4-6-10-20;1-4(2,3)5/h4-12,18H,13-17H2,1-3H3,(H,30,31);5H,1-3H3. The third kappa shape index (κ3) is 7.41. The Hall–Kier alpha value is -3.18. The van der Waals surface area contributed by atoms with Crippen molar-refractivity contribution in [3.8, 4) is 22.3 Å². The molecule has 36 heavy (non-hydrogen) atoms. The minimum Gasteiger partial charge on any atom is -0.481 e. The van der Waals surface area contributed by atoms with Crippen molar-refractivity contribution in [3.63, 3.8) is 0 Å². The van der Waals surface area contributed by atoms with E-state index >= 15 is 0 Å². The van der Waals surface area contributed by atoms with Gasteiger partial charge >= 0.3 is 5.97 Å². The fraction of sp³-hybridized carbons (Fsp3) is 0.419. The zero-order chi connectivity index (χ0) is 26.5. The number of carboxylic acid groups (broad SMARTS) is 1. The van der Waals surface area contributed by atoms with Crippen LogP contribution >= 0.6 is 0 Å². The zero-order valence-electron chi connectivity index (χ0n) is 22.5. The Bertz CT molecular complexity index is 1160. The molecule has 2 heterocycles. The van der Waals surface area contributed by atoms with E-state index in [4.69, 9.17) is 5.11 Å². The Kier molecular flexibility index (Phi) is 8.57. The van der Waals surface area contributed by atoms with Crippen molar-refractivity contribution < 1.29 is 15.0 Å². The highest BCUT2D eigenvalue weighted by atomic mass is 16.4. The van der Waals surface area contributed by atoms with Gasteiger partial charge < -0.3 is 15.1 Å². The number of carboxylic acids is 1. The maximum absolute atomic E-state index is 11.7. The molecular weight excluding hydrogens is 448 g/mol. The summed E-state index contributed by atoms with van der Waals surface area (Å²) < 4.78 is 0. The molecule has 2 aromatic carbocycles. The molecule has 4 rings (SSSR count). The molecule has 1 fully saturated rings. The number of piperidine rings is 1. The van der Waals surface area contributed by atoms with E-state index in [1.807, 2.05) is 37.4 Å². The third-order valence-electron chi connectivity index (χ3n) is 6.43. The number of carbonyl (C=O) groups is 1. The van der Waals surface area contributed by atoms with Gasteiger partial charge in [0.05, 0.1) is 17.7 Å². The number of benzene rings is 2. The largest absolute Gasteiger partial charge is 0.481 e. The molecule has 0 bridgehead atoms. The average molecular weight is 489 g/mol. The van der Waals surface area contributed by atoms with Crippen LogP contribution in [0.5, 0.6) is 0 Å². The second-order valence-electron chi connectivity index (χ2n) is 11.4. The van der Waals surface area contributed by atoms with Gasteiger partial charge in [-0.25, -0.2) is 0 Å². The van der Waals surface area contributed by atoms with E-state index in [9.17, 15) is 9.90 Å². The van der Waals surface area contributed by atoms with Crippen molar-refractivity contribution in [2.45, 2.75) is 66.4 Å². The van der Waals surface area contributed by atoms with E-state index in [1.165, 1.54) is 0 Å². The first-order valence-corrected chi connectivity index (χ1v) is 12.7. The Morgan fingerprint density at radius 1 is 0.944 bits per heavy atom. The van der Waals surface area contributed by atoms with Gasteiger partial charge in [-0.15, -0.1) is 0 Å². The molecule has 1 aliphatic heterocycles. The first-order chi connectivity index (χ1) is 16.9. The maximum Gasteiger partial charge on any atom is 0.307 e. The highest BCUT2D eigenvalue weighted by Gasteiger charge is 2.29. The summed E-state index contributed by atoms with van der Waals surface area (Å²) in [5.74, 6) is -0.822. The molecule has 192 valence electrons. The Balaban J connectivity index is 0.000000658. The summed E-state index contributed by atoms with van der Waals surface area (Å²) in [5, 5.41) is 18.2. The summed E-state index contributed by atoms with van der Waals surface area (Å²) in [6, 6.07) is 18.7. The van der Waals surface area contributed by atoms with Crippen molar-refractivity contribution >= 4 is 11.7 Å². The van der Waals surface area contributed by atoms with Crippen molar-refractivity contribution in [1.82, 2.24) is 4.98 Å². The van der Waals surface area contributed by atoms with Crippen LogP contribution in [0.15, 0.2) is 60.8 Å². The lowest BCUT2D eigenvalue weighted by Gasteiger charge is -2.40. The lowest BCUT2D eigenvalue weighted by Crippen LogP contribution is -2.38. The monoisotopic (exact) mass is 488 g/mol. The van der Waals surface area contributed by atoms with E-state index < -0.39 is 11.6 Å². The highest BCUT2D eigenvalue weighted by Crippen LogP contribution is 2.42. The second-order valence-corrected chi connectivity index (χ2v) is 11.4. The molecule has 1 aliphatic rings. The van der Waals surface area contributed by atoms with Gasteiger partial charge in [-0.1, -0.05) is 68.4 Å².